The summed E-state index contributed by atoms with van der Waals surface area (Å²) >= 11 is 1.83. The quantitative estimate of drug-likeness (QED) is 0.842. The number of ketones is 1. The molecule has 2 aliphatic heterocycles. The summed E-state index contributed by atoms with van der Waals surface area (Å²) in [6.45, 7) is 4.47. The first-order valence-electron chi connectivity index (χ1n) is 6.66. The Hall–Kier alpha value is -0.800. The molecule has 2 nitrogen and oxygen atoms in total. The normalized spacial score (nSPS) is 27.9. The summed E-state index contributed by atoms with van der Waals surface area (Å²) in [5.74, 6) is 1.32. The summed E-state index contributed by atoms with van der Waals surface area (Å²) in [5.41, 5.74) is 2.88. The Morgan fingerprint density at radius 3 is 3.06 bits per heavy atom. The smallest absolute Gasteiger partial charge is 0.138 e. The molecule has 2 aliphatic rings. The summed E-state index contributed by atoms with van der Waals surface area (Å²) in [4.78, 5) is 13.0. The fraction of sp³-hybridized carbons (Fsp3) is 0.533. The molecular formula is C15H19NOS. The highest BCUT2D eigenvalue weighted by Crippen LogP contribution is 2.35. The van der Waals surface area contributed by atoms with Crippen molar-refractivity contribution in [2.75, 3.05) is 18.8 Å². The fourth-order valence-corrected chi connectivity index (χ4v) is 3.90. The van der Waals surface area contributed by atoms with Gasteiger partial charge in [-0.1, -0.05) is 19.1 Å². The van der Waals surface area contributed by atoms with Gasteiger partial charge in [-0.2, -0.15) is 0 Å². The van der Waals surface area contributed by atoms with Gasteiger partial charge in [0.2, 0.25) is 0 Å². The van der Waals surface area contributed by atoms with Crippen LogP contribution in [0.4, 0.5) is 0 Å². The number of carbonyl (C=O) groups is 1. The molecule has 1 aromatic carbocycles. The third-order valence-electron chi connectivity index (χ3n) is 4.15. The zero-order valence-corrected chi connectivity index (χ0v) is 11.6. The molecule has 1 atom stereocenters. The number of benzene rings is 1. The molecule has 0 spiro atoms. The highest BCUT2D eigenvalue weighted by molar-refractivity contribution is 7.99. The molecule has 0 saturated carbocycles. The number of rotatable bonds is 1. The van der Waals surface area contributed by atoms with Gasteiger partial charge in [0.25, 0.3) is 0 Å². The number of hydrogen-bond donors (Lipinski definition) is 1. The monoisotopic (exact) mass is 261 g/mol. The van der Waals surface area contributed by atoms with Gasteiger partial charge in [0.15, 0.2) is 0 Å². The van der Waals surface area contributed by atoms with Gasteiger partial charge in [-0.15, -0.1) is 11.8 Å². The van der Waals surface area contributed by atoms with Crippen LogP contribution in [0.25, 0.3) is 0 Å². The molecule has 1 N–H and O–H groups in total. The minimum Gasteiger partial charge on any atom is -0.316 e. The summed E-state index contributed by atoms with van der Waals surface area (Å²) in [6.07, 6.45) is 2.53. The topological polar surface area (TPSA) is 29.1 Å². The second-order valence-corrected chi connectivity index (χ2v) is 6.76. The Labute approximate surface area is 113 Å². The maximum atomic E-state index is 11.7. The maximum Gasteiger partial charge on any atom is 0.138 e. The Morgan fingerprint density at radius 1 is 1.39 bits per heavy atom. The molecule has 18 heavy (non-hydrogen) atoms. The number of Topliss-reactive ketones (excluding diaryl/α,β-unsaturated/α-hetero) is 1. The van der Waals surface area contributed by atoms with E-state index in [4.69, 9.17) is 0 Å². The van der Waals surface area contributed by atoms with Crippen LogP contribution in [0.5, 0.6) is 0 Å². The lowest BCUT2D eigenvalue weighted by molar-refractivity contribution is -0.118. The van der Waals surface area contributed by atoms with Crippen molar-refractivity contribution in [1.82, 2.24) is 5.32 Å². The van der Waals surface area contributed by atoms with E-state index in [-0.39, 0.29) is 5.41 Å². The van der Waals surface area contributed by atoms with Crippen molar-refractivity contribution < 1.29 is 4.79 Å². The summed E-state index contributed by atoms with van der Waals surface area (Å²) in [5, 5.41) is 3.44. The van der Waals surface area contributed by atoms with Crippen LogP contribution in [0.2, 0.25) is 0 Å². The van der Waals surface area contributed by atoms with Crippen LogP contribution in [0.15, 0.2) is 23.1 Å². The van der Waals surface area contributed by atoms with Crippen LogP contribution in [0.1, 0.15) is 30.9 Å². The minimum absolute atomic E-state index is 0.245. The second-order valence-electron chi connectivity index (χ2n) is 5.62. The third-order valence-corrected chi connectivity index (χ3v) is 5.27. The van der Waals surface area contributed by atoms with E-state index >= 15 is 0 Å². The van der Waals surface area contributed by atoms with E-state index < -0.39 is 0 Å². The number of fused-ring (bicyclic) bond motifs is 1. The average Bonchev–Trinajstić information content (AvgIpc) is 2.70. The van der Waals surface area contributed by atoms with Gasteiger partial charge in [0, 0.05) is 35.4 Å². The number of thioether (sulfide) groups is 1. The van der Waals surface area contributed by atoms with Crippen molar-refractivity contribution in [1.29, 1.82) is 0 Å². The fourth-order valence-electron chi connectivity index (χ4n) is 2.87. The van der Waals surface area contributed by atoms with Gasteiger partial charge in [0.05, 0.1) is 0 Å². The lowest BCUT2D eigenvalue weighted by atomic mass is 9.81. The van der Waals surface area contributed by atoms with Crippen LogP contribution in [0.3, 0.4) is 0 Å². The lowest BCUT2D eigenvalue weighted by Gasteiger charge is -2.24. The first-order chi connectivity index (χ1) is 8.67. The Balaban J connectivity index is 1.97. The van der Waals surface area contributed by atoms with Crippen LogP contribution >= 0.6 is 11.8 Å². The molecule has 96 valence electrons. The third kappa shape index (κ3) is 2.21. The van der Waals surface area contributed by atoms with Crippen LogP contribution in [-0.4, -0.2) is 24.6 Å². The molecule has 0 bridgehead atoms. The predicted octanol–water partition coefficient (Wildman–Crippen LogP) is 2.54. The molecule has 1 fully saturated rings. The van der Waals surface area contributed by atoms with Crippen molar-refractivity contribution in [2.24, 2.45) is 0 Å². The van der Waals surface area contributed by atoms with Crippen molar-refractivity contribution in [3.8, 4) is 0 Å². The van der Waals surface area contributed by atoms with E-state index in [9.17, 15) is 4.79 Å². The highest BCUT2D eigenvalue weighted by Gasteiger charge is 2.31. The van der Waals surface area contributed by atoms with Crippen molar-refractivity contribution >= 4 is 17.5 Å². The maximum absolute atomic E-state index is 11.7. The summed E-state index contributed by atoms with van der Waals surface area (Å²) < 4.78 is 0. The van der Waals surface area contributed by atoms with Crippen molar-refractivity contribution in [2.45, 2.75) is 36.5 Å². The molecule has 0 aliphatic carbocycles. The molecular weight excluding hydrogens is 242 g/mol. The predicted molar refractivity (Wildman–Crippen MR) is 75.3 cm³/mol. The molecule has 1 unspecified atom stereocenters. The molecule has 3 rings (SSSR count). The second kappa shape index (κ2) is 4.71. The van der Waals surface area contributed by atoms with E-state index in [1.807, 2.05) is 11.8 Å². The molecule has 1 aromatic rings. The van der Waals surface area contributed by atoms with Crippen LogP contribution < -0.4 is 5.32 Å². The number of carbonyl (C=O) groups excluding carboxylic acids is 1. The van der Waals surface area contributed by atoms with Gasteiger partial charge in [0.1, 0.15) is 5.78 Å². The zero-order valence-electron chi connectivity index (χ0n) is 10.8. The highest BCUT2D eigenvalue weighted by atomic mass is 32.2. The van der Waals surface area contributed by atoms with Gasteiger partial charge in [-0.05, 0) is 30.2 Å². The SMILES string of the molecule is CC1(c2ccc3c(c2)CC(=O)CCS3)CCNC1. The van der Waals surface area contributed by atoms with Crippen molar-refractivity contribution in [3.63, 3.8) is 0 Å². The lowest BCUT2D eigenvalue weighted by Crippen LogP contribution is -2.25. The van der Waals surface area contributed by atoms with Gasteiger partial charge < -0.3 is 5.32 Å². The molecule has 0 aromatic heterocycles. The molecule has 0 radical (unpaired) electrons. The van der Waals surface area contributed by atoms with E-state index in [0.29, 0.717) is 18.6 Å². The van der Waals surface area contributed by atoms with Crippen LogP contribution in [-0.2, 0) is 16.6 Å². The average molecular weight is 261 g/mol. The van der Waals surface area contributed by atoms with Gasteiger partial charge in [-0.25, -0.2) is 0 Å². The van der Waals surface area contributed by atoms with Gasteiger partial charge in [-0.3, -0.25) is 4.79 Å². The molecule has 2 heterocycles. The van der Waals surface area contributed by atoms with E-state index in [1.165, 1.54) is 22.4 Å². The van der Waals surface area contributed by atoms with Gasteiger partial charge >= 0.3 is 0 Å². The molecule has 0 amide bonds. The first-order valence-corrected chi connectivity index (χ1v) is 7.65. The van der Waals surface area contributed by atoms with Crippen LogP contribution in [0, 0.1) is 0 Å². The first kappa shape index (κ1) is 12.2. The van der Waals surface area contributed by atoms with Crippen molar-refractivity contribution in [3.05, 3.63) is 29.3 Å². The Morgan fingerprint density at radius 2 is 2.28 bits per heavy atom. The largest absolute Gasteiger partial charge is 0.316 e. The zero-order chi connectivity index (χ0) is 12.6. The summed E-state index contributed by atoms with van der Waals surface area (Å²) in [7, 11) is 0. The summed E-state index contributed by atoms with van der Waals surface area (Å²) in [6, 6.07) is 6.75. The number of hydrogen-bond acceptors (Lipinski definition) is 3. The van der Waals surface area contributed by atoms with E-state index in [2.05, 4.69) is 30.4 Å². The number of nitrogens with one attached hydrogen (secondary N) is 1. The molecule has 3 heteroatoms. The van der Waals surface area contributed by atoms with E-state index in [0.717, 1.165) is 18.8 Å². The Bertz CT molecular complexity index is 477. The standard InChI is InChI=1S/C15H19NOS/c1-15(5-6-16-10-15)12-2-3-14-11(8-12)9-13(17)4-7-18-14/h2-3,8,16H,4-7,9-10H2,1H3. The Kier molecular flexibility index (Phi) is 3.20. The minimum atomic E-state index is 0.245. The van der Waals surface area contributed by atoms with E-state index in [1.54, 1.807) is 0 Å². The molecule has 1 saturated heterocycles.